The van der Waals surface area contributed by atoms with Crippen molar-refractivity contribution in [2.75, 3.05) is 29.0 Å². The predicted molar refractivity (Wildman–Crippen MR) is 200 cm³/mol. The number of benzene rings is 5. The number of aryl methyl sites for hydroxylation is 1. The third-order valence-corrected chi connectivity index (χ3v) is 8.66. The van der Waals surface area contributed by atoms with Gasteiger partial charge in [0.15, 0.2) is 5.75 Å². The van der Waals surface area contributed by atoms with Gasteiger partial charge < -0.3 is 25.6 Å². The SMILES string of the molecule is Cc1cc(Cl)ccc1NC(=O)c1cc2ccccc2c(N=Nc2ccc(NCCCCCCNc3ccc(OP(=O)(O)O)c(CF)c3)cc2)c1O. The maximum atomic E-state index is 13.3. The Hall–Kier alpha value is -5.00. The first kappa shape index (κ1) is 37.3. The number of anilines is 3. The number of phenols is 1. The van der Waals surface area contributed by atoms with E-state index < -0.39 is 20.4 Å². The van der Waals surface area contributed by atoms with E-state index in [9.17, 15) is 18.9 Å². The van der Waals surface area contributed by atoms with Crippen LogP contribution in [0.5, 0.6) is 11.5 Å². The third-order valence-electron chi connectivity index (χ3n) is 7.99. The number of aromatic hydroxyl groups is 1. The summed E-state index contributed by atoms with van der Waals surface area (Å²) in [5.41, 5.74) is 3.85. The van der Waals surface area contributed by atoms with Gasteiger partial charge in [0.1, 0.15) is 18.1 Å². The van der Waals surface area contributed by atoms with Gasteiger partial charge in [0.2, 0.25) is 0 Å². The van der Waals surface area contributed by atoms with Gasteiger partial charge in [0.05, 0.1) is 11.3 Å². The predicted octanol–water partition coefficient (Wildman–Crippen LogP) is 10.2. The lowest BCUT2D eigenvalue weighted by Gasteiger charge is -2.13. The number of amides is 1. The number of fused-ring (bicyclic) bond motifs is 1. The van der Waals surface area contributed by atoms with Crippen molar-refractivity contribution < 1.29 is 33.2 Å². The normalized spacial score (nSPS) is 11.5. The largest absolute Gasteiger partial charge is 0.524 e. The molecule has 5 aromatic rings. The Kier molecular flexibility index (Phi) is 12.6. The zero-order chi connectivity index (χ0) is 36.4. The monoisotopic (exact) mass is 733 g/mol. The van der Waals surface area contributed by atoms with E-state index in [2.05, 4.69) is 30.7 Å². The number of rotatable bonds is 16. The van der Waals surface area contributed by atoms with Crippen molar-refractivity contribution >= 4 is 64.5 Å². The van der Waals surface area contributed by atoms with Crippen LogP contribution in [0.1, 0.15) is 47.2 Å². The quantitative estimate of drug-likeness (QED) is 0.0331. The van der Waals surface area contributed by atoms with Crippen LogP contribution in [0.15, 0.2) is 101 Å². The molecule has 6 N–H and O–H groups in total. The van der Waals surface area contributed by atoms with Gasteiger partial charge in [-0.1, -0.05) is 48.7 Å². The van der Waals surface area contributed by atoms with E-state index in [0.29, 0.717) is 34.0 Å². The zero-order valence-corrected chi connectivity index (χ0v) is 29.4. The molecular weight excluding hydrogens is 696 g/mol. The molecule has 0 atom stereocenters. The Morgan fingerprint density at radius 3 is 2.24 bits per heavy atom. The van der Waals surface area contributed by atoms with E-state index in [-0.39, 0.29) is 28.3 Å². The minimum absolute atomic E-state index is 0.0655. The summed E-state index contributed by atoms with van der Waals surface area (Å²) in [6, 6.07) is 26.0. The van der Waals surface area contributed by atoms with Crippen LogP contribution in [0.4, 0.5) is 32.8 Å². The molecule has 11 nitrogen and oxygen atoms in total. The van der Waals surface area contributed by atoms with Crippen molar-refractivity contribution in [2.45, 2.75) is 39.3 Å². The second-order valence-electron chi connectivity index (χ2n) is 11.8. The number of halogens is 2. The molecule has 51 heavy (non-hydrogen) atoms. The van der Waals surface area contributed by atoms with Crippen molar-refractivity contribution in [3.05, 3.63) is 113 Å². The molecule has 0 unspecified atom stereocenters. The Morgan fingerprint density at radius 2 is 1.55 bits per heavy atom. The second-order valence-corrected chi connectivity index (χ2v) is 13.4. The van der Waals surface area contributed by atoms with Gasteiger partial charge in [-0.25, -0.2) is 8.96 Å². The molecule has 0 radical (unpaired) electrons. The number of hydrogen-bond acceptors (Lipinski definition) is 8. The van der Waals surface area contributed by atoms with E-state index in [4.69, 9.17) is 21.4 Å². The summed E-state index contributed by atoms with van der Waals surface area (Å²) in [6.45, 7) is 2.37. The average molecular weight is 734 g/mol. The van der Waals surface area contributed by atoms with Crippen LogP contribution >= 0.6 is 19.4 Å². The molecule has 0 heterocycles. The summed E-state index contributed by atoms with van der Waals surface area (Å²) in [5.74, 6) is -0.930. The van der Waals surface area contributed by atoms with Crippen LogP contribution in [0.3, 0.4) is 0 Å². The van der Waals surface area contributed by atoms with Crippen molar-refractivity contribution in [3.8, 4) is 11.5 Å². The van der Waals surface area contributed by atoms with E-state index in [1.807, 2.05) is 55.5 Å². The number of phosphoric acid groups is 1. The first-order valence-electron chi connectivity index (χ1n) is 16.3. The van der Waals surface area contributed by atoms with Gasteiger partial charge in [0, 0.05) is 46.1 Å². The van der Waals surface area contributed by atoms with Crippen LogP contribution in [-0.4, -0.2) is 33.9 Å². The van der Waals surface area contributed by atoms with Crippen molar-refractivity contribution in [3.63, 3.8) is 0 Å². The molecule has 0 aromatic heterocycles. The highest BCUT2D eigenvalue weighted by molar-refractivity contribution is 7.46. The van der Waals surface area contributed by atoms with Crippen LogP contribution in [-0.2, 0) is 11.2 Å². The molecule has 5 rings (SSSR count). The van der Waals surface area contributed by atoms with Crippen LogP contribution in [0.25, 0.3) is 10.8 Å². The number of azo groups is 1. The number of nitrogens with zero attached hydrogens (tertiary/aromatic N) is 2. The first-order valence-corrected chi connectivity index (χ1v) is 18.2. The highest BCUT2D eigenvalue weighted by Gasteiger charge is 2.20. The van der Waals surface area contributed by atoms with Crippen LogP contribution < -0.4 is 20.5 Å². The standard InChI is InChI=1S/C37H38ClFN5O6P/c1-24-20-27(38)10-16-33(24)42-37(46)32-22-25-8-4-5-9-31(25)35(36(32)45)44-43-29-13-11-28(12-14-29)40-18-6-2-3-7-19-41-30-15-17-34(26(21-30)23-39)50-51(47,48)49/h4-5,8-17,20-22,40-41,45H,2-3,6-7,18-19,23H2,1H3,(H,42,46)(H2,47,48,49). The summed E-state index contributed by atoms with van der Waals surface area (Å²) in [5, 5.41) is 31.3. The maximum absolute atomic E-state index is 13.3. The first-order chi connectivity index (χ1) is 24.5. The molecule has 0 aliphatic rings. The summed E-state index contributed by atoms with van der Waals surface area (Å²) in [7, 11) is -4.76. The number of unbranched alkanes of at least 4 members (excludes halogenated alkanes) is 3. The Balaban J connectivity index is 1.10. The lowest BCUT2D eigenvalue weighted by atomic mass is 10.0. The van der Waals surface area contributed by atoms with E-state index in [1.165, 1.54) is 12.1 Å². The number of phenolic OH excluding ortho intramolecular Hbond substituents is 1. The third kappa shape index (κ3) is 10.5. The minimum Gasteiger partial charge on any atom is -0.505 e. The van der Waals surface area contributed by atoms with Gasteiger partial charge in [-0.2, -0.15) is 5.11 Å². The molecule has 266 valence electrons. The second kappa shape index (κ2) is 17.3. The van der Waals surface area contributed by atoms with E-state index in [0.717, 1.165) is 48.9 Å². The van der Waals surface area contributed by atoms with Gasteiger partial charge >= 0.3 is 7.82 Å². The summed E-state index contributed by atoms with van der Waals surface area (Å²) in [6.07, 6.45) is 3.83. The molecule has 0 saturated heterocycles. The number of phosphoric ester groups is 1. The topological polar surface area (TPSA) is 165 Å². The van der Waals surface area contributed by atoms with Gasteiger partial charge in [0.25, 0.3) is 5.91 Å². The molecule has 1 amide bonds. The number of alkyl halides is 1. The van der Waals surface area contributed by atoms with Crippen molar-refractivity contribution in [1.29, 1.82) is 0 Å². The highest BCUT2D eigenvalue weighted by Crippen LogP contribution is 2.41. The summed E-state index contributed by atoms with van der Waals surface area (Å²) in [4.78, 5) is 31.2. The van der Waals surface area contributed by atoms with Gasteiger partial charge in [-0.3, -0.25) is 14.6 Å². The summed E-state index contributed by atoms with van der Waals surface area (Å²) < 4.78 is 28.9. The fraction of sp³-hybridized carbons (Fsp3) is 0.216. The number of hydrogen-bond donors (Lipinski definition) is 6. The average Bonchev–Trinajstić information content (AvgIpc) is 3.10. The van der Waals surface area contributed by atoms with Crippen LogP contribution in [0.2, 0.25) is 5.02 Å². The van der Waals surface area contributed by atoms with E-state index >= 15 is 0 Å². The molecule has 14 heteroatoms. The fourth-order valence-electron chi connectivity index (χ4n) is 5.38. The van der Waals surface area contributed by atoms with Crippen molar-refractivity contribution in [1.82, 2.24) is 0 Å². The molecule has 0 fully saturated rings. The molecule has 0 bridgehead atoms. The Bertz CT molecular complexity index is 2080. The van der Waals surface area contributed by atoms with Gasteiger partial charge in [-0.15, -0.1) is 5.11 Å². The number of carbonyl (C=O) groups is 1. The minimum atomic E-state index is -4.76. The Labute approximate surface area is 299 Å². The summed E-state index contributed by atoms with van der Waals surface area (Å²) >= 11 is 6.06. The molecule has 0 aliphatic carbocycles. The van der Waals surface area contributed by atoms with Crippen LogP contribution in [0, 0.1) is 6.92 Å². The molecule has 0 aliphatic heterocycles. The lowest BCUT2D eigenvalue weighted by Crippen LogP contribution is -2.13. The highest BCUT2D eigenvalue weighted by atomic mass is 35.5. The van der Waals surface area contributed by atoms with Crippen molar-refractivity contribution in [2.24, 2.45) is 10.2 Å². The van der Waals surface area contributed by atoms with Gasteiger partial charge in [-0.05, 0) is 97.4 Å². The molecular formula is C37H38ClFN5O6P. The molecule has 0 saturated carbocycles. The zero-order valence-electron chi connectivity index (χ0n) is 27.8. The Morgan fingerprint density at radius 1 is 0.863 bits per heavy atom. The lowest BCUT2D eigenvalue weighted by molar-refractivity contribution is 0.102. The fourth-order valence-corrected chi connectivity index (χ4v) is 6.04. The number of nitrogens with one attached hydrogen (secondary N) is 3. The molecule has 0 spiro atoms. The van der Waals surface area contributed by atoms with E-state index in [1.54, 1.807) is 30.3 Å². The molecule has 5 aromatic carbocycles. The smallest absolute Gasteiger partial charge is 0.505 e. The maximum Gasteiger partial charge on any atom is 0.524 e. The number of carbonyl (C=O) groups excluding carboxylic acids is 1.